The van der Waals surface area contributed by atoms with Crippen molar-refractivity contribution in [3.05, 3.63) is 54.0 Å². The zero-order chi connectivity index (χ0) is 37.0. The maximum atomic E-state index is 13.5. The van der Waals surface area contributed by atoms with Crippen molar-refractivity contribution >= 4 is 61.3 Å². The molecule has 14 nitrogen and oxygen atoms in total. The number of imidazole rings is 1. The lowest BCUT2D eigenvalue weighted by molar-refractivity contribution is -0.136. The first-order valence-corrected chi connectivity index (χ1v) is 19.1. The van der Waals surface area contributed by atoms with E-state index in [2.05, 4.69) is 67.1 Å². The second kappa shape index (κ2) is 14.0. The number of amidine groups is 1. The quantitative estimate of drug-likeness (QED) is 0.195. The number of aromatic amines is 1. The number of fused-ring (bicyclic) bond motifs is 5. The first-order chi connectivity index (χ1) is 25.6. The van der Waals surface area contributed by atoms with E-state index in [4.69, 9.17) is 9.73 Å². The highest BCUT2D eigenvalue weighted by atomic mass is 32.1. The van der Waals surface area contributed by atoms with Crippen molar-refractivity contribution < 1.29 is 28.7 Å². The number of aliphatic imine (C=N–C) groups is 1. The number of piperidine rings is 1. The maximum Gasteiger partial charge on any atom is 0.407 e. The Morgan fingerprint density at radius 1 is 0.925 bits per heavy atom. The van der Waals surface area contributed by atoms with Crippen LogP contribution >= 0.6 is 11.3 Å². The lowest BCUT2D eigenvalue weighted by atomic mass is 9.96. The summed E-state index contributed by atoms with van der Waals surface area (Å²) in [7, 11) is 2.57. The van der Waals surface area contributed by atoms with E-state index in [0.717, 1.165) is 65.3 Å². The van der Waals surface area contributed by atoms with Gasteiger partial charge >= 0.3 is 12.2 Å². The van der Waals surface area contributed by atoms with E-state index < -0.39 is 24.3 Å². The number of benzene rings is 2. The zero-order valence-electron chi connectivity index (χ0n) is 30.2. The van der Waals surface area contributed by atoms with Gasteiger partial charge in [0.05, 0.1) is 50.8 Å². The Kier molecular flexibility index (Phi) is 9.21. The summed E-state index contributed by atoms with van der Waals surface area (Å²) in [4.78, 5) is 67.1. The maximum absolute atomic E-state index is 13.5. The predicted octanol–water partition coefficient (Wildman–Crippen LogP) is 5.02. The number of rotatable bonds is 8. The molecule has 0 radical (unpaired) electrons. The molecule has 2 aromatic carbocycles. The molecule has 1 unspecified atom stereocenters. The fourth-order valence-corrected chi connectivity index (χ4v) is 9.89. The second-order valence-corrected chi connectivity index (χ2v) is 15.6. The number of likely N-dealkylation sites (tertiary alicyclic amines) is 2. The number of nitrogens with zero attached hydrogens (tertiary/aromatic N) is 4. The van der Waals surface area contributed by atoms with Gasteiger partial charge in [0.25, 0.3) is 0 Å². The van der Waals surface area contributed by atoms with Gasteiger partial charge in [0, 0.05) is 38.3 Å². The molecule has 3 fully saturated rings. The van der Waals surface area contributed by atoms with Gasteiger partial charge in [-0.15, -0.1) is 11.3 Å². The standard InChI is InChI=1S/C38H44N8O6S/c1-19(41-37(49)51-3)35(47)45-13-5-6-29(45)33-39-17-27(43-33)21-8-11-25-26-12-9-22(16-31(26)53-30(25)15-21)28-18-40-34(44-28)32-23-7-10-24(14-23)46(32)36(48)20(2)42-38(50)52-4/h8-9,11-12,15-17,19-20,23-24,28-29,32H,5-7,10,13-14,18H2,1-4H3,(H,39,43)(H,40,44)(H,41,49)(H,42,50)/t19-,20-,23-,24+,28?,29-,32-/m0/s1. The minimum Gasteiger partial charge on any atom is -0.453 e. The number of amides is 4. The molecule has 15 heteroatoms. The third kappa shape index (κ3) is 6.34. The van der Waals surface area contributed by atoms with Crippen molar-refractivity contribution in [2.24, 2.45) is 10.9 Å². The van der Waals surface area contributed by atoms with Crippen LogP contribution in [-0.2, 0) is 19.1 Å². The molecule has 2 aromatic heterocycles. The van der Waals surface area contributed by atoms with E-state index in [1.165, 1.54) is 29.7 Å². The second-order valence-electron chi connectivity index (χ2n) is 14.5. The van der Waals surface area contributed by atoms with Crippen molar-refractivity contribution in [1.82, 2.24) is 35.7 Å². The molecule has 53 heavy (non-hydrogen) atoms. The Morgan fingerprint density at radius 3 is 2.40 bits per heavy atom. The van der Waals surface area contributed by atoms with Crippen LogP contribution in [0, 0.1) is 5.92 Å². The highest BCUT2D eigenvalue weighted by Crippen LogP contribution is 2.44. The van der Waals surface area contributed by atoms with E-state index >= 15 is 0 Å². The van der Waals surface area contributed by atoms with Crippen molar-refractivity contribution in [3.8, 4) is 11.3 Å². The first-order valence-electron chi connectivity index (χ1n) is 18.3. The molecule has 2 saturated heterocycles. The van der Waals surface area contributed by atoms with E-state index in [-0.39, 0.29) is 36.0 Å². The van der Waals surface area contributed by atoms with Crippen LogP contribution in [-0.4, -0.2) is 101 Å². The SMILES string of the molecule is COC(=O)N[C@@H](C)C(=O)N1CCC[C@H]1c1ncc(-c2ccc3c(c2)sc2cc(C4CN=C([C@@H]5[C@H]6CC[C@H](C6)N5C(=O)[C@H](C)NC(=O)OC)N4)ccc23)[nH]1. The molecule has 4 aliphatic rings. The summed E-state index contributed by atoms with van der Waals surface area (Å²) in [6.07, 6.45) is 5.20. The van der Waals surface area contributed by atoms with Gasteiger partial charge in [-0.3, -0.25) is 14.6 Å². The molecule has 1 aliphatic carbocycles. The summed E-state index contributed by atoms with van der Waals surface area (Å²) < 4.78 is 11.7. The van der Waals surface area contributed by atoms with Gasteiger partial charge in [-0.1, -0.05) is 24.3 Å². The molecule has 5 heterocycles. The normalized spacial score (nSPS) is 24.6. The third-order valence-corrected chi connectivity index (χ3v) is 12.4. The number of methoxy groups -OCH3 is 2. The van der Waals surface area contributed by atoms with Gasteiger partial charge in [0.15, 0.2) is 0 Å². The van der Waals surface area contributed by atoms with Crippen molar-refractivity contribution in [1.29, 1.82) is 0 Å². The Hall–Kier alpha value is -5.18. The first kappa shape index (κ1) is 34.9. The van der Waals surface area contributed by atoms with Crippen molar-refractivity contribution in [2.45, 2.75) is 82.2 Å². The van der Waals surface area contributed by atoms with Gasteiger partial charge in [-0.05, 0) is 69.6 Å². The topological polar surface area (TPSA) is 170 Å². The predicted molar refractivity (Wildman–Crippen MR) is 201 cm³/mol. The fraction of sp³-hybridized carbons (Fsp3) is 0.474. The van der Waals surface area contributed by atoms with E-state index in [0.29, 0.717) is 19.0 Å². The molecule has 4 aromatic rings. The molecular formula is C38H44N8O6S. The number of H-pyrrole nitrogens is 1. The number of aromatic nitrogens is 2. The number of hydrogen-bond acceptors (Lipinski definition) is 10. The third-order valence-electron chi connectivity index (χ3n) is 11.3. The molecule has 4 amide bonds. The molecule has 2 bridgehead atoms. The Bertz CT molecular complexity index is 2130. The van der Waals surface area contributed by atoms with Crippen LogP contribution in [0.1, 0.15) is 69.4 Å². The fourth-order valence-electron chi connectivity index (χ4n) is 8.70. The van der Waals surface area contributed by atoms with Crippen LogP contribution in [0.15, 0.2) is 47.6 Å². The largest absolute Gasteiger partial charge is 0.453 e. The van der Waals surface area contributed by atoms with Gasteiger partial charge in [-0.25, -0.2) is 14.6 Å². The van der Waals surface area contributed by atoms with E-state index in [1.807, 2.05) is 11.1 Å². The molecule has 278 valence electrons. The summed E-state index contributed by atoms with van der Waals surface area (Å²) in [5.74, 6) is 1.67. The molecule has 3 aliphatic heterocycles. The number of carbonyl (C=O) groups is 4. The van der Waals surface area contributed by atoms with Crippen LogP contribution in [0.5, 0.6) is 0 Å². The Morgan fingerprint density at radius 2 is 1.64 bits per heavy atom. The Balaban J connectivity index is 0.971. The summed E-state index contributed by atoms with van der Waals surface area (Å²) in [5.41, 5.74) is 3.04. The monoisotopic (exact) mass is 740 g/mol. The van der Waals surface area contributed by atoms with Crippen LogP contribution < -0.4 is 16.0 Å². The highest BCUT2D eigenvalue weighted by molar-refractivity contribution is 7.25. The van der Waals surface area contributed by atoms with Crippen molar-refractivity contribution in [2.75, 3.05) is 27.3 Å². The number of carbonyl (C=O) groups excluding carboxylic acids is 4. The number of ether oxygens (including phenoxy) is 2. The van der Waals surface area contributed by atoms with Crippen LogP contribution in [0.25, 0.3) is 31.4 Å². The Labute approximate surface area is 310 Å². The average molecular weight is 741 g/mol. The zero-order valence-corrected chi connectivity index (χ0v) is 31.0. The van der Waals surface area contributed by atoms with E-state index in [1.54, 1.807) is 30.1 Å². The molecule has 8 rings (SSSR count). The average Bonchev–Trinajstić information content (AvgIpc) is 4.02. The number of thiophene rings is 1. The summed E-state index contributed by atoms with van der Waals surface area (Å²) >= 11 is 1.75. The molecular weight excluding hydrogens is 697 g/mol. The van der Waals surface area contributed by atoms with Crippen LogP contribution in [0.4, 0.5) is 9.59 Å². The summed E-state index contributed by atoms with van der Waals surface area (Å²) in [5, 5.41) is 11.3. The number of hydrogen-bond donors (Lipinski definition) is 4. The molecule has 7 atom stereocenters. The number of alkyl carbamates (subject to hydrolysis) is 2. The molecule has 4 N–H and O–H groups in total. The highest BCUT2D eigenvalue weighted by Gasteiger charge is 2.52. The lowest BCUT2D eigenvalue weighted by Crippen LogP contribution is -2.57. The van der Waals surface area contributed by atoms with Crippen LogP contribution in [0.2, 0.25) is 0 Å². The van der Waals surface area contributed by atoms with Gasteiger partial charge in [0.1, 0.15) is 23.7 Å². The number of nitrogens with one attached hydrogen (secondary N) is 4. The molecule has 0 spiro atoms. The molecule has 1 saturated carbocycles. The van der Waals surface area contributed by atoms with Gasteiger partial charge in [-0.2, -0.15) is 0 Å². The minimum atomic E-state index is -0.706. The van der Waals surface area contributed by atoms with Gasteiger partial charge in [0.2, 0.25) is 11.8 Å². The summed E-state index contributed by atoms with van der Waals surface area (Å²) in [6, 6.07) is 11.5. The lowest BCUT2D eigenvalue weighted by Gasteiger charge is -2.37. The van der Waals surface area contributed by atoms with Crippen LogP contribution in [0.3, 0.4) is 0 Å². The minimum absolute atomic E-state index is 0.00144. The van der Waals surface area contributed by atoms with E-state index in [9.17, 15) is 19.2 Å². The summed E-state index contributed by atoms with van der Waals surface area (Å²) in [6.45, 7) is 4.55. The smallest absolute Gasteiger partial charge is 0.407 e. The van der Waals surface area contributed by atoms with Crippen molar-refractivity contribution in [3.63, 3.8) is 0 Å². The van der Waals surface area contributed by atoms with Gasteiger partial charge < -0.3 is 40.2 Å².